The molecule has 2 unspecified atom stereocenters. The van der Waals surface area contributed by atoms with Crippen molar-refractivity contribution in [3.8, 4) is 0 Å². The summed E-state index contributed by atoms with van der Waals surface area (Å²) in [5.41, 5.74) is 2.08. The van der Waals surface area contributed by atoms with E-state index in [-0.39, 0.29) is 11.3 Å². The smallest absolute Gasteiger partial charge is 0.257 e. The molecule has 0 radical (unpaired) electrons. The van der Waals surface area contributed by atoms with E-state index in [0.29, 0.717) is 18.5 Å². The van der Waals surface area contributed by atoms with Crippen LogP contribution in [-0.2, 0) is 10.0 Å². The molecule has 2 aromatic rings. The van der Waals surface area contributed by atoms with Gasteiger partial charge < -0.3 is 10.4 Å². The van der Waals surface area contributed by atoms with E-state index in [1.165, 1.54) is 0 Å². The number of carbonyl (C=O) groups is 1. The second-order valence-electron chi connectivity index (χ2n) is 6.91. The molecule has 3 rings (SSSR count). The van der Waals surface area contributed by atoms with E-state index in [1.54, 1.807) is 30.3 Å². The van der Waals surface area contributed by atoms with Gasteiger partial charge in [-0.15, -0.1) is 0 Å². The van der Waals surface area contributed by atoms with Crippen LogP contribution in [0.5, 0.6) is 0 Å². The van der Waals surface area contributed by atoms with Gasteiger partial charge in [-0.05, 0) is 49.6 Å². The molecule has 1 aliphatic carbocycles. The monoisotopic (exact) mass is 388 g/mol. The Hall–Kier alpha value is -2.38. The number of aliphatic hydroxyl groups excluding tert-OH is 1. The summed E-state index contributed by atoms with van der Waals surface area (Å²) in [4.78, 5) is 12.7. The highest BCUT2D eigenvalue weighted by Crippen LogP contribution is 2.27. The Kier molecular flexibility index (Phi) is 5.82. The van der Waals surface area contributed by atoms with E-state index in [1.807, 2.05) is 25.1 Å². The van der Waals surface area contributed by atoms with Gasteiger partial charge in [0.1, 0.15) is 5.25 Å². The fourth-order valence-corrected chi connectivity index (χ4v) is 5.02. The van der Waals surface area contributed by atoms with Gasteiger partial charge in [-0.1, -0.05) is 37.1 Å². The number of hydrogen-bond acceptors (Lipinski definition) is 4. The second-order valence-corrected chi connectivity index (χ2v) is 8.81. The topological polar surface area (TPSA) is 95.5 Å². The average Bonchev–Trinajstić information content (AvgIpc) is 2.62. The largest absolute Gasteiger partial charge is 0.392 e. The number of hydrogen-bond donors (Lipinski definition) is 3. The van der Waals surface area contributed by atoms with Crippen molar-refractivity contribution in [2.45, 2.75) is 44.0 Å². The van der Waals surface area contributed by atoms with Crippen molar-refractivity contribution in [1.82, 2.24) is 0 Å². The average molecular weight is 388 g/mol. The van der Waals surface area contributed by atoms with E-state index in [4.69, 9.17) is 0 Å². The number of para-hydroxylation sites is 1. The predicted molar refractivity (Wildman–Crippen MR) is 106 cm³/mol. The number of carbonyl (C=O) groups excluding carboxylic acids is 1. The van der Waals surface area contributed by atoms with Crippen LogP contribution in [0.3, 0.4) is 0 Å². The lowest BCUT2D eigenvalue weighted by Crippen LogP contribution is -2.40. The maximum atomic E-state index is 12.7. The van der Waals surface area contributed by atoms with Gasteiger partial charge in [0, 0.05) is 5.69 Å². The van der Waals surface area contributed by atoms with Crippen molar-refractivity contribution in [2.75, 3.05) is 10.0 Å². The summed E-state index contributed by atoms with van der Waals surface area (Å²) in [5, 5.41) is 12.0. The molecule has 1 aliphatic rings. The fourth-order valence-electron chi connectivity index (χ4n) is 3.36. The van der Waals surface area contributed by atoms with Crippen LogP contribution in [0.4, 0.5) is 11.4 Å². The number of amides is 1. The molecule has 0 saturated heterocycles. The Bertz CT molecular complexity index is 927. The first-order valence-electron chi connectivity index (χ1n) is 9.03. The molecule has 6 nitrogen and oxygen atoms in total. The van der Waals surface area contributed by atoms with Gasteiger partial charge in [0.25, 0.3) is 5.91 Å². The third-order valence-electron chi connectivity index (χ3n) is 4.77. The Morgan fingerprint density at radius 2 is 1.81 bits per heavy atom. The molecule has 0 heterocycles. The molecule has 3 N–H and O–H groups in total. The molecule has 1 fully saturated rings. The summed E-state index contributed by atoms with van der Waals surface area (Å²) >= 11 is 0. The Morgan fingerprint density at radius 1 is 1.07 bits per heavy atom. The van der Waals surface area contributed by atoms with Gasteiger partial charge in [-0.2, -0.15) is 0 Å². The van der Waals surface area contributed by atoms with Crippen LogP contribution in [0.15, 0.2) is 48.5 Å². The molecule has 0 aliphatic heterocycles. The molecule has 2 aromatic carbocycles. The van der Waals surface area contributed by atoms with Crippen LogP contribution in [0.2, 0.25) is 0 Å². The second kappa shape index (κ2) is 8.10. The lowest BCUT2D eigenvalue weighted by molar-refractivity contribution is 0.102. The minimum atomic E-state index is -3.80. The van der Waals surface area contributed by atoms with Crippen molar-refractivity contribution in [3.05, 3.63) is 59.7 Å². The summed E-state index contributed by atoms with van der Waals surface area (Å²) in [6.07, 6.45) is 1.58. The zero-order chi connectivity index (χ0) is 19.4. The van der Waals surface area contributed by atoms with Crippen molar-refractivity contribution in [1.29, 1.82) is 0 Å². The first-order chi connectivity index (χ1) is 12.9. The van der Waals surface area contributed by atoms with E-state index < -0.39 is 27.3 Å². The van der Waals surface area contributed by atoms with E-state index in [2.05, 4.69) is 10.0 Å². The van der Waals surface area contributed by atoms with Crippen LogP contribution in [0, 0.1) is 6.92 Å². The van der Waals surface area contributed by atoms with Crippen molar-refractivity contribution < 1.29 is 18.3 Å². The SMILES string of the molecule is Cc1cccc(NC(=O)c2ccccc2NS(=O)(=O)C2CCCCC2O)c1. The van der Waals surface area contributed by atoms with Gasteiger partial charge in [-0.3, -0.25) is 9.52 Å². The Balaban J connectivity index is 1.82. The molecule has 0 bridgehead atoms. The molecule has 1 saturated carbocycles. The highest BCUT2D eigenvalue weighted by molar-refractivity contribution is 7.93. The van der Waals surface area contributed by atoms with Gasteiger partial charge in [0.15, 0.2) is 0 Å². The molecule has 0 spiro atoms. The number of rotatable bonds is 5. The number of sulfonamides is 1. The maximum absolute atomic E-state index is 12.7. The summed E-state index contributed by atoms with van der Waals surface area (Å²) in [7, 11) is -3.80. The number of benzene rings is 2. The number of nitrogens with one attached hydrogen (secondary N) is 2. The van der Waals surface area contributed by atoms with Crippen LogP contribution in [0.1, 0.15) is 41.6 Å². The predicted octanol–water partition coefficient (Wildman–Crippen LogP) is 3.29. The third kappa shape index (κ3) is 4.67. The van der Waals surface area contributed by atoms with Gasteiger partial charge in [-0.25, -0.2) is 8.42 Å². The van der Waals surface area contributed by atoms with E-state index in [0.717, 1.165) is 18.4 Å². The van der Waals surface area contributed by atoms with E-state index >= 15 is 0 Å². The lowest BCUT2D eigenvalue weighted by Gasteiger charge is -2.27. The summed E-state index contributed by atoms with van der Waals surface area (Å²) < 4.78 is 28.0. The van der Waals surface area contributed by atoms with Crippen LogP contribution in [0.25, 0.3) is 0 Å². The number of aryl methyl sites for hydroxylation is 1. The maximum Gasteiger partial charge on any atom is 0.257 e. The number of anilines is 2. The molecule has 1 amide bonds. The molecule has 2 atom stereocenters. The first-order valence-corrected chi connectivity index (χ1v) is 10.6. The van der Waals surface area contributed by atoms with Crippen LogP contribution >= 0.6 is 0 Å². The minimum Gasteiger partial charge on any atom is -0.392 e. The van der Waals surface area contributed by atoms with Crippen molar-refractivity contribution in [3.63, 3.8) is 0 Å². The molecule has 144 valence electrons. The van der Waals surface area contributed by atoms with E-state index in [9.17, 15) is 18.3 Å². The summed E-state index contributed by atoms with van der Waals surface area (Å²) in [6, 6.07) is 13.8. The van der Waals surface area contributed by atoms with Gasteiger partial charge in [0.05, 0.1) is 17.4 Å². The highest BCUT2D eigenvalue weighted by Gasteiger charge is 2.35. The number of aliphatic hydroxyl groups is 1. The normalized spacial score (nSPS) is 20.1. The Labute approximate surface area is 159 Å². The Morgan fingerprint density at radius 3 is 2.56 bits per heavy atom. The van der Waals surface area contributed by atoms with Gasteiger partial charge in [0.2, 0.25) is 10.0 Å². The van der Waals surface area contributed by atoms with Gasteiger partial charge >= 0.3 is 0 Å². The lowest BCUT2D eigenvalue weighted by atomic mass is 9.97. The standard InChI is InChI=1S/C20H24N2O4S/c1-14-7-6-8-15(13-14)21-20(24)16-9-2-3-10-17(16)22-27(25,26)19-12-5-4-11-18(19)23/h2-3,6-10,13,18-19,22-23H,4-5,11-12H2,1H3,(H,21,24). The van der Waals surface area contributed by atoms with Crippen molar-refractivity contribution >= 4 is 27.3 Å². The summed E-state index contributed by atoms with van der Waals surface area (Å²) in [6.45, 7) is 1.92. The minimum absolute atomic E-state index is 0.209. The molecule has 7 heteroatoms. The van der Waals surface area contributed by atoms with Crippen molar-refractivity contribution in [2.24, 2.45) is 0 Å². The third-order valence-corrected chi connectivity index (χ3v) is 6.62. The zero-order valence-corrected chi connectivity index (χ0v) is 16.0. The van der Waals surface area contributed by atoms with Crippen LogP contribution in [-0.4, -0.2) is 30.8 Å². The fraction of sp³-hybridized carbons (Fsp3) is 0.350. The first kappa shape index (κ1) is 19.4. The summed E-state index contributed by atoms with van der Waals surface area (Å²) in [5.74, 6) is -0.400. The molecule has 0 aromatic heterocycles. The molecule has 27 heavy (non-hydrogen) atoms. The quantitative estimate of drug-likeness (QED) is 0.732. The molecular formula is C20H24N2O4S. The van der Waals surface area contributed by atoms with Crippen LogP contribution < -0.4 is 10.0 Å². The highest BCUT2D eigenvalue weighted by atomic mass is 32.2. The molecular weight excluding hydrogens is 364 g/mol. The zero-order valence-electron chi connectivity index (χ0n) is 15.2.